The van der Waals surface area contributed by atoms with Crippen molar-refractivity contribution in [1.29, 1.82) is 0 Å². The van der Waals surface area contributed by atoms with Crippen LogP contribution in [0.5, 0.6) is 5.75 Å². The Labute approximate surface area is 152 Å². The van der Waals surface area contributed by atoms with Crippen LogP contribution in [0.3, 0.4) is 0 Å². The zero-order valence-corrected chi connectivity index (χ0v) is 14.5. The van der Waals surface area contributed by atoms with Crippen LogP contribution < -0.4 is 10.1 Å². The summed E-state index contributed by atoms with van der Waals surface area (Å²) in [5.41, 5.74) is 4.43. The van der Waals surface area contributed by atoms with Crippen molar-refractivity contribution in [2.45, 2.75) is 13.5 Å². The Hall–Kier alpha value is -3.34. The standard InChI is InChI=1S/C21H20N2O3/c1-15-3-2-4-16(11-15)12-22-20-10-7-18(13-23-20)17-5-8-19(9-6-17)26-14-21(24)25/h2-11,13H,12,14H2,1H3,(H,22,23)(H,24,25). The molecule has 0 fully saturated rings. The van der Waals surface area contributed by atoms with Crippen LogP contribution >= 0.6 is 0 Å². The fraction of sp³-hybridized carbons (Fsp3) is 0.143. The van der Waals surface area contributed by atoms with Gasteiger partial charge in [-0.15, -0.1) is 0 Å². The van der Waals surface area contributed by atoms with Crippen molar-refractivity contribution in [3.05, 3.63) is 78.0 Å². The first-order valence-electron chi connectivity index (χ1n) is 8.31. The number of benzene rings is 2. The van der Waals surface area contributed by atoms with E-state index in [0.717, 1.165) is 23.5 Å². The molecule has 0 aliphatic carbocycles. The molecule has 1 aromatic heterocycles. The molecule has 132 valence electrons. The molecule has 1 heterocycles. The summed E-state index contributed by atoms with van der Waals surface area (Å²) >= 11 is 0. The number of carboxylic acid groups (broad SMARTS) is 1. The number of hydrogen-bond acceptors (Lipinski definition) is 4. The highest BCUT2D eigenvalue weighted by atomic mass is 16.5. The van der Waals surface area contributed by atoms with E-state index >= 15 is 0 Å². The van der Waals surface area contributed by atoms with Crippen molar-refractivity contribution in [2.75, 3.05) is 11.9 Å². The molecule has 0 aliphatic rings. The fourth-order valence-corrected chi connectivity index (χ4v) is 2.57. The predicted molar refractivity (Wildman–Crippen MR) is 101 cm³/mol. The Balaban J connectivity index is 1.61. The van der Waals surface area contributed by atoms with Crippen molar-refractivity contribution >= 4 is 11.8 Å². The van der Waals surface area contributed by atoms with E-state index in [2.05, 4.69) is 35.4 Å². The molecule has 0 amide bonds. The molecule has 3 aromatic rings. The highest BCUT2D eigenvalue weighted by molar-refractivity contribution is 5.68. The third-order valence-electron chi connectivity index (χ3n) is 3.87. The van der Waals surface area contributed by atoms with Crippen LogP contribution in [0, 0.1) is 6.92 Å². The molecule has 0 saturated heterocycles. The van der Waals surface area contributed by atoms with Gasteiger partial charge >= 0.3 is 5.97 Å². The number of carboxylic acids is 1. The van der Waals surface area contributed by atoms with Crippen molar-refractivity contribution in [2.24, 2.45) is 0 Å². The molecular formula is C21H20N2O3. The van der Waals surface area contributed by atoms with Crippen LogP contribution in [0.25, 0.3) is 11.1 Å². The first-order chi connectivity index (χ1) is 12.6. The second kappa shape index (κ2) is 8.16. The molecule has 5 heteroatoms. The maximum atomic E-state index is 10.5. The van der Waals surface area contributed by atoms with Gasteiger partial charge in [-0.25, -0.2) is 9.78 Å². The van der Waals surface area contributed by atoms with Gasteiger partial charge < -0.3 is 15.2 Å². The normalized spacial score (nSPS) is 10.3. The second-order valence-electron chi connectivity index (χ2n) is 5.98. The summed E-state index contributed by atoms with van der Waals surface area (Å²) in [7, 11) is 0. The minimum atomic E-state index is -0.993. The van der Waals surface area contributed by atoms with Gasteiger partial charge in [0.2, 0.25) is 0 Å². The molecule has 0 unspecified atom stereocenters. The van der Waals surface area contributed by atoms with Gasteiger partial charge in [-0.05, 0) is 42.3 Å². The second-order valence-corrected chi connectivity index (χ2v) is 5.98. The lowest BCUT2D eigenvalue weighted by Crippen LogP contribution is -2.09. The number of aryl methyl sites for hydroxylation is 1. The Morgan fingerprint density at radius 3 is 2.50 bits per heavy atom. The number of nitrogens with one attached hydrogen (secondary N) is 1. The first-order valence-corrected chi connectivity index (χ1v) is 8.31. The molecule has 5 nitrogen and oxygen atoms in total. The number of aliphatic carboxylic acids is 1. The van der Waals surface area contributed by atoms with Crippen molar-refractivity contribution in [3.8, 4) is 16.9 Å². The van der Waals surface area contributed by atoms with E-state index in [0.29, 0.717) is 5.75 Å². The number of aromatic nitrogens is 1. The van der Waals surface area contributed by atoms with Crippen LogP contribution in [0.4, 0.5) is 5.82 Å². The third kappa shape index (κ3) is 4.83. The van der Waals surface area contributed by atoms with Gasteiger partial charge in [0.15, 0.2) is 6.61 Å². The number of pyridine rings is 1. The highest BCUT2D eigenvalue weighted by Gasteiger charge is 2.02. The lowest BCUT2D eigenvalue weighted by Gasteiger charge is -2.08. The summed E-state index contributed by atoms with van der Waals surface area (Å²) in [6.45, 7) is 2.46. The van der Waals surface area contributed by atoms with E-state index in [4.69, 9.17) is 9.84 Å². The van der Waals surface area contributed by atoms with Gasteiger partial charge in [0.1, 0.15) is 11.6 Å². The summed E-state index contributed by atoms with van der Waals surface area (Å²) in [6.07, 6.45) is 1.81. The molecule has 0 spiro atoms. The summed E-state index contributed by atoms with van der Waals surface area (Å²) in [5.74, 6) is 0.351. The molecule has 0 bridgehead atoms. The molecule has 2 aromatic carbocycles. The molecule has 26 heavy (non-hydrogen) atoms. The molecule has 0 atom stereocenters. The third-order valence-corrected chi connectivity index (χ3v) is 3.87. The average molecular weight is 348 g/mol. The average Bonchev–Trinajstić information content (AvgIpc) is 2.66. The van der Waals surface area contributed by atoms with Crippen LogP contribution in [0.1, 0.15) is 11.1 Å². The van der Waals surface area contributed by atoms with E-state index in [9.17, 15) is 4.79 Å². The zero-order chi connectivity index (χ0) is 18.4. The summed E-state index contributed by atoms with van der Waals surface area (Å²) < 4.78 is 5.13. The number of nitrogens with zero attached hydrogens (tertiary/aromatic N) is 1. The lowest BCUT2D eigenvalue weighted by atomic mass is 10.1. The number of carbonyl (C=O) groups is 1. The van der Waals surface area contributed by atoms with E-state index in [1.165, 1.54) is 11.1 Å². The van der Waals surface area contributed by atoms with E-state index in [-0.39, 0.29) is 6.61 Å². The van der Waals surface area contributed by atoms with Gasteiger partial charge in [-0.2, -0.15) is 0 Å². The fourth-order valence-electron chi connectivity index (χ4n) is 2.57. The molecule has 0 saturated carbocycles. The number of ether oxygens (including phenoxy) is 1. The molecule has 0 radical (unpaired) electrons. The van der Waals surface area contributed by atoms with Crippen LogP contribution in [0.2, 0.25) is 0 Å². The zero-order valence-electron chi connectivity index (χ0n) is 14.5. The summed E-state index contributed by atoms with van der Waals surface area (Å²) in [5, 5.41) is 11.9. The smallest absolute Gasteiger partial charge is 0.341 e. The van der Waals surface area contributed by atoms with Crippen LogP contribution in [0.15, 0.2) is 66.9 Å². The van der Waals surface area contributed by atoms with Gasteiger partial charge in [0.05, 0.1) is 0 Å². The first kappa shape index (κ1) is 17.5. The highest BCUT2D eigenvalue weighted by Crippen LogP contribution is 2.23. The summed E-state index contributed by atoms with van der Waals surface area (Å²) in [6, 6.07) is 19.6. The monoisotopic (exact) mass is 348 g/mol. The molecular weight excluding hydrogens is 328 g/mol. The van der Waals surface area contributed by atoms with Gasteiger partial charge in [0, 0.05) is 18.3 Å². The minimum absolute atomic E-state index is 0.345. The van der Waals surface area contributed by atoms with Crippen molar-refractivity contribution in [1.82, 2.24) is 4.98 Å². The van der Waals surface area contributed by atoms with Gasteiger partial charge in [-0.1, -0.05) is 42.0 Å². The van der Waals surface area contributed by atoms with Gasteiger partial charge in [0.25, 0.3) is 0 Å². The Morgan fingerprint density at radius 2 is 1.85 bits per heavy atom. The number of hydrogen-bond donors (Lipinski definition) is 2. The maximum Gasteiger partial charge on any atom is 0.341 e. The number of anilines is 1. The summed E-state index contributed by atoms with van der Waals surface area (Å²) in [4.78, 5) is 15.0. The van der Waals surface area contributed by atoms with E-state index < -0.39 is 5.97 Å². The molecule has 0 aliphatic heterocycles. The Morgan fingerprint density at radius 1 is 1.08 bits per heavy atom. The quantitative estimate of drug-likeness (QED) is 0.672. The maximum absolute atomic E-state index is 10.5. The SMILES string of the molecule is Cc1cccc(CNc2ccc(-c3ccc(OCC(=O)O)cc3)cn2)c1. The predicted octanol–water partition coefficient (Wildman–Crippen LogP) is 4.13. The number of rotatable bonds is 7. The Kier molecular flexibility index (Phi) is 5.49. The minimum Gasteiger partial charge on any atom is -0.482 e. The van der Waals surface area contributed by atoms with Crippen molar-refractivity contribution in [3.63, 3.8) is 0 Å². The van der Waals surface area contributed by atoms with Gasteiger partial charge in [-0.3, -0.25) is 0 Å². The van der Waals surface area contributed by atoms with E-state index in [1.807, 2.05) is 36.5 Å². The van der Waals surface area contributed by atoms with Crippen LogP contribution in [-0.4, -0.2) is 22.7 Å². The van der Waals surface area contributed by atoms with Crippen molar-refractivity contribution < 1.29 is 14.6 Å². The largest absolute Gasteiger partial charge is 0.482 e. The Bertz CT molecular complexity index is 875. The topological polar surface area (TPSA) is 71.5 Å². The van der Waals surface area contributed by atoms with Crippen LogP contribution in [-0.2, 0) is 11.3 Å². The molecule has 3 rings (SSSR count). The lowest BCUT2D eigenvalue weighted by molar-refractivity contribution is -0.139. The van der Waals surface area contributed by atoms with E-state index in [1.54, 1.807) is 12.1 Å². The molecule has 2 N–H and O–H groups in total.